The molecule has 0 spiro atoms. The quantitative estimate of drug-likeness (QED) is 0.323. The number of hydrogen-bond donors (Lipinski definition) is 1. The predicted octanol–water partition coefficient (Wildman–Crippen LogP) is 5.40. The summed E-state index contributed by atoms with van der Waals surface area (Å²) in [4.78, 5) is 31.7. The zero-order chi connectivity index (χ0) is 23.9. The first-order valence-corrected chi connectivity index (χ1v) is 11.3. The fraction of sp³-hybridized carbons (Fsp3) is 0.259. The standard InChI is InChI=1S/C27H26F2N2O3/c28-21-14-20(15-22(29)16-21)23-10-7-11-24-25(23)17-31(27(24)33)13-6-2-5-12-26(32)30-34-18-19-8-3-1-4-9-19/h1,3-4,7-11,14-16H,2,5-6,12-13,17-18H2,(H,30,32). The molecule has 0 radical (unpaired) electrons. The zero-order valence-electron chi connectivity index (χ0n) is 18.7. The maximum Gasteiger partial charge on any atom is 0.254 e. The monoisotopic (exact) mass is 464 g/mol. The number of halogens is 2. The van der Waals surface area contributed by atoms with Crippen molar-refractivity contribution in [3.05, 3.63) is 95.1 Å². The summed E-state index contributed by atoms with van der Waals surface area (Å²) in [6, 6.07) is 18.2. The van der Waals surface area contributed by atoms with E-state index in [2.05, 4.69) is 5.48 Å². The van der Waals surface area contributed by atoms with Crippen molar-refractivity contribution in [1.82, 2.24) is 10.4 Å². The van der Waals surface area contributed by atoms with Crippen molar-refractivity contribution in [2.45, 2.75) is 38.8 Å². The SMILES string of the molecule is O=C(CCCCCN1Cc2c(cccc2-c2cc(F)cc(F)c2)C1=O)NOCc1ccccc1. The zero-order valence-corrected chi connectivity index (χ0v) is 18.7. The van der Waals surface area contributed by atoms with E-state index in [-0.39, 0.29) is 11.8 Å². The molecule has 176 valence electrons. The fourth-order valence-electron chi connectivity index (χ4n) is 4.14. The number of nitrogens with zero attached hydrogens (tertiary/aromatic N) is 1. The van der Waals surface area contributed by atoms with Gasteiger partial charge < -0.3 is 4.90 Å². The van der Waals surface area contributed by atoms with Crippen LogP contribution in [-0.4, -0.2) is 23.3 Å². The van der Waals surface area contributed by atoms with E-state index in [1.165, 1.54) is 12.1 Å². The van der Waals surface area contributed by atoms with Gasteiger partial charge in [-0.15, -0.1) is 0 Å². The van der Waals surface area contributed by atoms with E-state index in [0.717, 1.165) is 30.0 Å². The summed E-state index contributed by atoms with van der Waals surface area (Å²) < 4.78 is 27.4. The molecule has 0 bridgehead atoms. The van der Waals surface area contributed by atoms with Crippen molar-refractivity contribution < 1.29 is 23.2 Å². The van der Waals surface area contributed by atoms with E-state index < -0.39 is 11.6 Å². The van der Waals surface area contributed by atoms with E-state index in [0.29, 0.717) is 49.2 Å². The number of hydroxylamine groups is 1. The molecule has 0 aromatic heterocycles. The maximum absolute atomic E-state index is 13.7. The van der Waals surface area contributed by atoms with Crippen molar-refractivity contribution in [3.8, 4) is 11.1 Å². The average molecular weight is 465 g/mol. The Kier molecular flexibility index (Phi) is 7.65. The van der Waals surface area contributed by atoms with Gasteiger partial charge in [0.25, 0.3) is 5.91 Å². The van der Waals surface area contributed by atoms with Crippen LogP contribution >= 0.6 is 0 Å². The average Bonchev–Trinajstić information content (AvgIpc) is 3.14. The smallest absolute Gasteiger partial charge is 0.254 e. The van der Waals surface area contributed by atoms with Gasteiger partial charge in [0.05, 0.1) is 6.61 Å². The second-order valence-electron chi connectivity index (χ2n) is 8.33. The lowest BCUT2D eigenvalue weighted by Gasteiger charge is -2.15. The van der Waals surface area contributed by atoms with Crippen LogP contribution in [0.5, 0.6) is 0 Å². The Bertz CT molecular complexity index is 1150. The second kappa shape index (κ2) is 11.0. The molecule has 0 saturated heterocycles. The van der Waals surface area contributed by atoms with Gasteiger partial charge in [0.1, 0.15) is 11.6 Å². The minimum absolute atomic E-state index is 0.0826. The van der Waals surface area contributed by atoms with Crippen molar-refractivity contribution in [2.75, 3.05) is 6.54 Å². The summed E-state index contributed by atoms with van der Waals surface area (Å²) in [6.07, 6.45) is 2.57. The lowest BCUT2D eigenvalue weighted by Crippen LogP contribution is -2.25. The van der Waals surface area contributed by atoms with Crippen molar-refractivity contribution >= 4 is 11.8 Å². The minimum Gasteiger partial charge on any atom is -0.334 e. The molecule has 0 fully saturated rings. The van der Waals surface area contributed by atoms with Crippen molar-refractivity contribution in [3.63, 3.8) is 0 Å². The molecule has 5 nitrogen and oxygen atoms in total. The topological polar surface area (TPSA) is 58.6 Å². The number of hydrogen-bond acceptors (Lipinski definition) is 3. The molecule has 2 amide bonds. The summed E-state index contributed by atoms with van der Waals surface area (Å²) >= 11 is 0. The normalized spacial score (nSPS) is 12.6. The third-order valence-electron chi connectivity index (χ3n) is 5.82. The number of benzene rings is 3. The number of fused-ring (bicyclic) bond motifs is 1. The molecule has 0 unspecified atom stereocenters. The van der Waals surface area contributed by atoms with Crippen LogP contribution in [-0.2, 0) is 22.8 Å². The number of nitrogens with one attached hydrogen (secondary N) is 1. The summed E-state index contributed by atoms with van der Waals surface area (Å²) in [6.45, 7) is 1.27. The molecule has 4 rings (SSSR count). The maximum atomic E-state index is 13.7. The molecule has 0 atom stereocenters. The number of carbonyl (C=O) groups excluding carboxylic acids is 2. The molecule has 0 aliphatic carbocycles. The highest BCUT2D eigenvalue weighted by Gasteiger charge is 2.29. The lowest BCUT2D eigenvalue weighted by atomic mass is 9.97. The molecule has 1 N–H and O–H groups in total. The first kappa shape index (κ1) is 23.6. The van der Waals surface area contributed by atoms with Gasteiger partial charge in [-0.25, -0.2) is 14.3 Å². The van der Waals surface area contributed by atoms with Crippen LogP contribution in [0, 0.1) is 11.6 Å². The number of amides is 2. The van der Waals surface area contributed by atoms with Crippen LogP contribution < -0.4 is 5.48 Å². The van der Waals surface area contributed by atoms with Crippen LogP contribution in [0.2, 0.25) is 0 Å². The molecule has 7 heteroatoms. The van der Waals surface area contributed by atoms with Gasteiger partial charge in [0.2, 0.25) is 5.91 Å². The Balaban J connectivity index is 1.22. The van der Waals surface area contributed by atoms with Crippen LogP contribution in [0.25, 0.3) is 11.1 Å². The Morgan fingerprint density at radius 2 is 1.65 bits per heavy atom. The highest BCUT2D eigenvalue weighted by Crippen LogP contribution is 2.33. The van der Waals surface area contributed by atoms with Crippen LogP contribution in [0.15, 0.2) is 66.7 Å². The van der Waals surface area contributed by atoms with Gasteiger partial charge in [-0.05, 0) is 53.3 Å². The Hall–Kier alpha value is -3.58. The van der Waals surface area contributed by atoms with E-state index in [9.17, 15) is 18.4 Å². The number of carbonyl (C=O) groups is 2. The molecule has 3 aromatic rings. The number of unbranched alkanes of at least 4 members (excludes halogenated alkanes) is 2. The molecule has 1 heterocycles. The fourth-order valence-corrected chi connectivity index (χ4v) is 4.14. The van der Waals surface area contributed by atoms with E-state index in [1.807, 2.05) is 30.3 Å². The summed E-state index contributed by atoms with van der Waals surface area (Å²) in [5.41, 5.74) is 5.87. The highest BCUT2D eigenvalue weighted by atomic mass is 19.1. The van der Waals surface area contributed by atoms with Gasteiger partial charge >= 0.3 is 0 Å². The largest absolute Gasteiger partial charge is 0.334 e. The van der Waals surface area contributed by atoms with Crippen molar-refractivity contribution in [2.24, 2.45) is 0 Å². The molecular formula is C27H26F2N2O3. The number of rotatable bonds is 10. The van der Waals surface area contributed by atoms with Crippen LogP contribution in [0.4, 0.5) is 8.78 Å². The van der Waals surface area contributed by atoms with Gasteiger partial charge in [-0.1, -0.05) is 48.9 Å². The van der Waals surface area contributed by atoms with E-state index >= 15 is 0 Å². The van der Waals surface area contributed by atoms with E-state index in [1.54, 1.807) is 23.1 Å². The highest BCUT2D eigenvalue weighted by molar-refractivity contribution is 6.00. The third-order valence-corrected chi connectivity index (χ3v) is 5.82. The summed E-state index contributed by atoms with van der Waals surface area (Å²) in [5.74, 6) is -1.56. The van der Waals surface area contributed by atoms with Crippen LogP contribution in [0.1, 0.15) is 47.2 Å². The summed E-state index contributed by atoms with van der Waals surface area (Å²) in [5, 5.41) is 0. The van der Waals surface area contributed by atoms with Gasteiger partial charge in [0.15, 0.2) is 0 Å². The lowest BCUT2D eigenvalue weighted by molar-refractivity contribution is -0.134. The van der Waals surface area contributed by atoms with Gasteiger partial charge in [-0.2, -0.15) is 0 Å². The van der Waals surface area contributed by atoms with E-state index in [4.69, 9.17) is 4.84 Å². The van der Waals surface area contributed by atoms with Gasteiger partial charge in [0, 0.05) is 31.1 Å². The molecule has 0 saturated carbocycles. The molecular weight excluding hydrogens is 438 g/mol. The molecule has 1 aliphatic heterocycles. The Morgan fingerprint density at radius 3 is 2.41 bits per heavy atom. The Morgan fingerprint density at radius 1 is 0.912 bits per heavy atom. The molecule has 34 heavy (non-hydrogen) atoms. The van der Waals surface area contributed by atoms with Crippen molar-refractivity contribution in [1.29, 1.82) is 0 Å². The second-order valence-corrected chi connectivity index (χ2v) is 8.33. The van der Waals surface area contributed by atoms with Crippen LogP contribution in [0.3, 0.4) is 0 Å². The van der Waals surface area contributed by atoms with Gasteiger partial charge in [-0.3, -0.25) is 14.4 Å². The molecule has 3 aromatic carbocycles. The third kappa shape index (κ3) is 5.85. The minimum atomic E-state index is -0.650. The first-order valence-electron chi connectivity index (χ1n) is 11.3. The predicted molar refractivity (Wildman–Crippen MR) is 124 cm³/mol. The first-order chi connectivity index (χ1) is 16.5. The molecule has 1 aliphatic rings. The summed E-state index contributed by atoms with van der Waals surface area (Å²) in [7, 11) is 0. The Labute approximate surface area is 197 Å².